The van der Waals surface area contributed by atoms with E-state index < -0.39 is 0 Å². The van der Waals surface area contributed by atoms with Gasteiger partial charge in [-0.15, -0.1) is 0 Å². The molecule has 1 atom stereocenters. The number of benzene rings is 2. The quantitative estimate of drug-likeness (QED) is 0.795. The number of hydrogen-bond donors (Lipinski definition) is 2. The van der Waals surface area contributed by atoms with E-state index in [0.717, 1.165) is 22.5 Å². The van der Waals surface area contributed by atoms with Crippen molar-refractivity contribution >= 4 is 17.3 Å². The molecule has 1 unspecified atom stereocenters. The Kier molecular flexibility index (Phi) is 3.88. The summed E-state index contributed by atoms with van der Waals surface area (Å²) in [4.78, 5) is 11.9. The number of fused-ring (bicyclic) bond motifs is 1. The van der Waals surface area contributed by atoms with Crippen LogP contribution in [0.1, 0.15) is 39.7 Å². The van der Waals surface area contributed by atoms with Crippen molar-refractivity contribution < 1.29 is 4.79 Å². The Morgan fingerprint density at radius 3 is 2.39 bits per heavy atom. The molecule has 1 aliphatic heterocycles. The van der Waals surface area contributed by atoms with Gasteiger partial charge in [0.15, 0.2) is 0 Å². The molecule has 23 heavy (non-hydrogen) atoms. The van der Waals surface area contributed by atoms with Crippen LogP contribution in [-0.4, -0.2) is 11.9 Å². The molecule has 1 aliphatic rings. The molecule has 3 nitrogen and oxygen atoms in total. The molecule has 0 bridgehead atoms. The van der Waals surface area contributed by atoms with E-state index in [1.807, 2.05) is 19.1 Å². The Bertz CT molecular complexity index is 726. The Hall–Kier alpha value is -2.29. The number of carbonyl (C=O) groups excluding carboxylic acids is 1. The van der Waals surface area contributed by atoms with Gasteiger partial charge in [0.25, 0.3) is 0 Å². The predicted octanol–water partition coefficient (Wildman–Crippen LogP) is 4.79. The van der Waals surface area contributed by atoms with Crippen molar-refractivity contribution in [1.29, 1.82) is 0 Å². The average Bonchev–Trinajstić information content (AvgIpc) is 2.62. The first kappa shape index (κ1) is 15.6. The van der Waals surface area contributed by atoms with Gasteiger partial charge < -0.3 is 10.6 Å². The minimum Gasteiger partial charge on any atom is -0.380 e. The van der Waals surface area contributed by atoms with E-state index in [1.54, 1.807) is 0 Å². The first-order valence-electron chi connectivity index (χ1n) is 8.15. The van der Waals surface area contributed by atoms with Gasteiger partial charge in [-0.1, -0.05) is 57.2 Å². The fourth-order valence-corrected chi connectivity index (χ4v) is 2.98. The average molecular weight is 308 g/mol. The van der Waals surface area contributed by atoms with Crippen molar-refractivity contribution in [1.82, 2.24) is 0 Å². The van der Waals surface area contributed by atoms with E-state index >= 15 is 0 Å². The zero-order valence-electron chi connectivity index (χ0n) is 14.2. The minimum absolute atomic E-state index is 0.0592. The topological polar surface area (TPSA) is 41.1 Å². The van der Waals surface area contributed by atoms with Crippen molar-refractivity contribution in [3.63, 3.8) is 0 Å². The van der Waals surface area contributed by atoms with Gasteiger partial charge in [0.05, 0.1) is 11.4 Å². The van der Waals surface area contributed by atoms with Gasteiger partial charge in [-0.25, -0.2) is 0 Å². The summed E-state index contributed by atoms with van der Waals surface area (Å²) in [6, 6.07) is 14.9. The van der Waals surface area contributed by atoms with Crippen LogP contribution in [0.5, 0.6) is 0 Å². The van der Waals surface area contributed by atoms with E-state index in [0.29, 0.717) is 6.42 Å². The lowest BCUT2D eigenvalue weighted by Crippen LogP contribution is -2.19. The molecule has 0 aromatic heterocycles. The van der Waals surface area contributed by atoms with E-state index in [9.17, 15) is 4.79 Å². The molecule has 120 valence electrons. The monoisotopic (exact) mass is 308 g/mol. The van der Waals surface area contributed by atoms with Crippen molar-refractivity contribution in [3.05, 3.63) is 48.0 Å². The van der Waals surface area contributed by atoms with Crippen molar-refractivity contribution in [2.75, 3.05) is 10.6 Å². The third-order valence-corrected chi connectivity index (χ3v) is 4.28. The standard InChI is InChI=1S/C20H24N2O/c1-13-12-18(23)22-17-7-5-6-16(19(17)21-13)14-8-10-15(11-9-14)20(2,3)4/h5-11,13,21H,12H2,1-4H3,(H,22,23). The van der Waals surface area contributed by atoms with Gasteiger partial charge in [0.1, 0.15) is 0 Å². The molecule has 0 saturated heterocycles. The molecule has 1 amide bonds. The summed E-state index contributed by atoms with van der Waals surface area (Å²) < 4.78 is 0. The molecule has 2 N–H and O–H groups in total. The number of hydrogen-bond acceptors (Lipinski definition) is 2. The number of carbonyl (C=O) groups is 1. The highest BCUT2D eigenvalue weighted by Crippen LogP contribution is 2.37. The van der Waals surface area contributed by atoms with Crippen LogP contribution in [0.3, 0.4) is 0 Å². The molecule has 3 rings (SSSR count). The van der Waals surface area contributed by atoms with E-state index in [-0.39, 0.29) is 17.4 Å². The van der Waals surface area contributed by atoms with E-state index in [1.165, 1.54) is 5.56 Å². The zero-order valence-corrected chi connectivity index (χ0v) is 14.2. The largest absolute Gasteiger partial charge is 0.380 e. The first-order chi connectivity index (χ1) is 10.8. The zero-order chi connectivity index (χ0) is 16.6. The van der Waals surface area contributed by atoms with Crippen LogP contribution in [-0.2, 0) is 10.2 Å². The van der Waals surface area contributed by atoms with Crippen LogP contribution in [0.25, 0.3) is 11.1 Å². The maximum absolute atomic E-state index is 11.9. The molecule has 2 aromatic rings. The fourth-order valence-electron chi connectivity index (χ4n) is 2.98. The van der Waals surface area contributed by atoms with Gasteiger partial charge in [-0.2, -0.15) is 0 Å². The van der Waals surface area contributed by atoms with Gasteiger partial charge in [0, 0.05) is 18.0 Å². The summed E-state index contributed by atoms with van der Waals surface area (Å²) in [5.74, 6) is 0.0592. The number of para-hydroxylation sites is 1. The van der Waals surface area contributed by atoms with Gasteiger partial charge in [-0.3, -0.25) is 4.79 Å². The molecule has 0 fully saturated rings. The maximum atomic E-state index is 11.9. The molecule has 1 heterocycles. The normalized spacial score (nSPS) is 17.7. The van der Waals surface area contributed by atoms with E-state index in [4.69, 9.17) is 0 Å². The third-order valence-electron chi connectivity index (χ3n) is 4.28. The highest BCUT2D eigenvalue weighted by atomic mass is 16.1. The summed E-state index contributed by atoms with van der Waals surface area (Å²) in [7, 11) is 0. The second-order valence-corrected chi connectivity index (χ2v) is 7.35. The second kappa shape index (κ2) is 5.73. The van der Waals surface area contributed by atoms with Gasteiger partial charge in [0.2, 0.25) is 5.91 Å². The van der Waals surface area contributed by atoms with Crippen LogP contribution < -0.4 is 10.6 Å². The molecule has 3 heteroatoms. The van der Waals surface area contributed by atoms with Crippen LogP contribution in [0.15, 0.2) is 42.5 Å². The smallest absolute Gasteiger partial charge is 0.226 e. The molecule has 0 spiro atoms. The lowest BCUT2D eigenvalue weighted by molar-refractivity contribution is -0.116. The first-order valence-corrected chi connectivity index (χ1v) is 8.15. The summed E-state index contributed by atoms with van der Waals surface area (Å²) in [5.41, 5.74) is 5.61. The minimum atomic E-state index is 0.0592. The fraction of sp³-hybridized carbons (Fsp3) is 0.350. The molecular weight excluding hydrogens is 284 g/mol. The Morgan fingerprint density at radius 2 is 1.74 bits per heavy atom. The number of rotatable bonds is 1. The highest BCUT2D eigenvalue weighted by molar-refractivity contribution is 6.00. The maximum Gasteiger partial charge on any atom is 0.226 e. The van der Waals surface area contributed by atoms with Crippen LogP contribution in [0, 0.1) is 0 Å². The van der Waals surface area contributed by atoms with Gasteiger partial charge in [-0.05, 0) is 29.5 Å². The third kappa shape index (κ3) is 3.24. The Balaban J connectivity index is 2.04. The molecule has 0 aliphatic carbocycles. The second-order valence-electron chi connectivity index (χ2n) is 7.35. The lowest BCUT2D eigenvalue weighted by atomic mass is 9.86. The van der Waals surface area contributed by atoms with Crippen molar-refractivity contribution in [2.45, 2.75) is 45.6 Å². The van der Waals surface area contributed by atoms with Gasteiger partial charge >= 0.3 is 0 Å². The Morgan fingerprint density at radius 1 is 1.04 bits per heavy atom. The number of nitrogens with one attached hydrogen (secondary N) is 2. The highest BCUT2D eigenvalue weighted by Gasteiger charge is 2.20. The molecule has 0 saturated carbocycles. The van der Waals surface area contributed by atoms with Crippen LogP contribution in [0.2, 0.25) is 0 Å². The van der Waals surface area contributed by atoms with E-state index in [2.05, 4.69) is 61.7 Å². The Labute approximate surface area is 138 Å². The summed E-state index contributed by atoms with van der Waals surface area (Å²) in [6.07, 6.45) is 0.483. The lowest BCUT2D eigenvalue weighted by Gasteiger charge is -2.20. The SMILES string of the molecule is CC1CC(=O)Nc2cccc(-c3ccc(C(C)(C)C)cc3)c2N1. The van der Waals surface area contributed by atoms with Crippen molar-refractivity contribution in [2.24, 2.45) is 0 Å². The molecule has 2 aromatic carbocycles. The number of anilines is 2. The predicted molar refractivity (Wildman–Crippen MR) is 96.9 cm³/mol. The van der Waals surface area contributed by atoms with Crippen molar-refractivity contribution in [3.8, 4) is 11.1 Å². The summed E-state index contributed by atoms with van der Waals surface area (Å²) >= 11 is 0. The number of amides is 1. The van der Waals surface area contributed by atoms with Crippen LogP contribution >= 0.6 is 0 Å². The molecular formula is C20H24N2O. The summed E-state index contributed by atoms with van der Waals surface area (Å²) in [6.45, 7) is 8.69. The van der Waals surface area contributed by atoms with Crippen LogP contribution in [0.4, 0.5) is 11.4 Å². The summed E-state index contributed by atoms with van der Waals surface area (Å²) in [5, 5.41) is 6.48. The molecule has 0 radical (unpaired) electrons.